The van der Waals surface area contributed by atoms with E-state index in [0.29, 0.717) is 12.8 Å². The van der Waals surface area contributed by atoms with Crippen LogP contribution in [0.2, 0.25) is 0 Å². The average molecular weight is 370 g/mol. The highest BCUT2D eigenvalue weighted by Crippen LogP contribution is 2.42. The van der Waals surface area contributed by atoms with Crippen molar-refractivity contribution in [2.24, 2.45) is 0 Å². The van der Waals surface area contributed by atoms with Gasteiger partial charge in [-0.3, -0.25) is 0 Å². The van der Waals surface area contributed by atoms with Gasteiger partial charge in [-0.1, -0.05) is 66.7 Å². The van der Waals surface area contributed by atoms with Crippen molar-refractivity contribution in [2.75, 3.05) is 0 Å². The Labute approximate surface area is 167 Å². The van der Waals surface area contributed by atoms with Crippen molar-refractivity contribution in [3.05, 3.63) is 120 Å². The molecule has 0 atom stereocenters. The first-order valence-electron chi connectivity index (χ1n) is 9.42. The van der Waals surface area contributed by atoms with Gasteiger partial charge in [0.25, 0.3) is 0 Å². The van der Waals surface area contributed by atoms with Gasteiger partial charge >= 0.3 is 0 Å². The highest BCUT2D eigenvalue weighted by Gasteiger charge is 2.32. The molecule has 0 aromatic heterocycles. The molecule has 28 heavy (non-hydrogen) atoms. The van der Waals surface area contributed by atoms with E-state index in [4.69, 9.17) is 0 Å². The van der Waals surface area contributed by atoms with Gasteiger partial charge in [-0.25, -0.2) is 0 Å². The Hall–Kier alpha value is -3.26. The van der Waals surface area contributed by atoms with Crippen molar-refractivity contribution >= 4 is 0 Å². The zero-order valence-corrected chi connectivity index (χ0v) is 16.2. The van der Waals surface area contributed by atoms with Gasteiger partial charge in [0.05, 0.1) is 0 Å². The van der Waals surface area contributed by atoms with Crippen molar-refractivity contribution < 1.29 is 10.2 Å². The Bertz CT molecular complexity index is 927. The third-order valence-corrected chi connectivity index (χ3v) is 5.40. The highest BCUT2D eigenvalue weighted by atomic mass is 16.3. The number of phenolic OH excluding ortho intramolecular Hbond substituents is 2. The topological polar surface area (TPSA) is 40.5 Å². The van der Waals surface area contributed by atoms with E-state index in [1.165, 1.54) is 0 Å². The minimum Gasteiger partial charge on any atom is -0.508 e. The monoisotopic (exact) mass is 370 g/mol. The smallest absolute Gasteiger partial charge is 0.119 e. The molecule has 0 saturated heterocycles. The molecule has 0 fully saturated rings. The Morgan fingerprint density at radius 2 is 1.18 bits per heavy atom. The second-order valence-electron chi connectivity index (χ2n) is 7.16. The molecular weight excluding hydrogens is 344 g/mol. The van der Waals surface area contributed by atoms with E-state index in [2.05, 4.69) is 32.2 Å². The summed E-state index contributed by atoms with van der Waals surface area (Å²) in [6.45, 7) is 9.62. The van der Waals surface area contributed by atoms with E-state index in [0.717, 1.165) is 27.8 Å². The molecule has 3 aromatic carbocycles. The van der Waals surface area contributed by atoms with E-state index in [-0.39, 0.29) is 11.5 Å². The third kappa shape index (κ3) is 3.59. The summed E-state index contributed by atoms with van der Waals surface area (Å²) in [6.07, 6.45) is 4.79. The number of benzene rings is 3. The molecule has 0 bridgehead atoms. The lowest BCUT2D eigenvalue weighted by Crippen LogP contribution is -2.25. The zero-order chi connectivity index (χ0) is 20.1. The first-order valence-corrected chi connectivity index (χ1v) is 9.42. The minimum absolute atomic E-state index is 0.257. The van der Waals surface area contributed by atoms with Gasteiger partial charge in [0.15, 0.2) is 0 Å². The second kappa shape index (κ2) is 8.18. The quantitative estimate of drug-likeness (QED) is 0.401. The van der Waals surface area contributed by atoms with E-state index >= 15 is 0 Å². The molecule has 0 radical (unpaired) electrons. The molecule has 0 heterocycles. The summed E-state index contributed by atoms with van der Waals surface area (Å²) in [6, 6.07) is 21.8. The van der Waals surface area contributed by atoms with E-state index in [1.54, 1.807) is 12.2 Å². The number of phenols is 2. The molecule has 2 nitrogen and oxygen atoms in total. The van der Waals surface area contributed by atoms with Crippen LogP contribution in [0.5, 0.6) is 11.5 Å². The van der Waals surface area contributed by atoms with Crippen LogP contribution in [-0.2, 0) is 18.3 Å². The fourth-order valence-corrected chi connectivity index (χ4v) is 3.68. The van der Waals surface area contributed by atoms with Crippen LogP contribution in [0.25, 0.3) is 0 Å². The average Bonchev–Trinajstić information content (AvgIpc) is 2.71. The van der Waals surface area contributed by atoms with Gasteiger partial charge in [0.1, 0.15) is 11.5 Å². The van der Waals surface area contributed by atoms with Crippen LogP contribution in [-0.4, -0.2) is 10.2 Å². The van der Waals surface area contributed by atoms with Crippen LogP contribution in [0.1, 0.15) is 34.7 Å². The van der Waals surface area contributed by atoms with Crippen LogP contribution in [0.3, 0.4) is 0 Å². The number of rotatable bonds is 7. The third-order valence-electron chi connectivity index (χ3n) is 5.40. The number of aromatic hydroxyl groups is 2. The molecule has 3 aromatic rings. The standard InChI is InChI=1S/C26H26O2/c1-4-9-19-13-15-22(17-24(19)27)26(3,21-11-7-6-8-12-21)23-16-14-20(10-5-2)25(28)18-23/h4-8,11-18,27-28H,1-2,9-10H2,3H3. The van der Waals surface area contributed by atoms with Crippen molar-refractivity contribution in [1.82, 2.24) is 0 Å². The fourth-order valence-electron chi connectivity index (χ4n) is 3.68. The lowest BCUT2D eigenvalue weighted by molar-refractivity contribution is 0.465. The Morgan fingerprint density at radius 3 is 1.57 bits per heavy atom. The van der Waals surface area contributed by atoms with Crippen molar-refractivity contribution in [1.29, 1.82) is 0 Å². The molecule has 3 rings (SSSR count). The molecular formula is C26H26O2. The van der Waals surface area contributed by atoms with Gasteiger partial charge in [0.2, 0.25) is 0 Å². The molecule has 2 N–H and O–H groups in total. The lowest BCUT2D eigenvalue weighted by Gasteiger charge is -2.32. The summed E-state index contributed by atoms with van der Waals surface area (Å²) in [5, 5.41) is 21.1. The van der Waals surface area contributed by atoms with Crippen LogP contribution in [0.4, 0.5) is 0 Å². The molecule has 0 aliphatic rings. The Kier molecular flexibility index (Phi) is 5.70. The normalized spacial score (nSPS) is 11.2. The maximum atomic E-state index is 10.5. The number of hydrogen-bond donors (Lipinski definition) is 2. The van der Waals surface area contributed by atoms with Gasteiger partial charge in [-0.05, 0) is 59.7 Å². The van der Waals surface area contributed by atoms with Crippen molar-refractivity contribution in [3.8, 4) is 11.5 Å². The summed E-state index contributed by atoms with van der Waals surface area (Å²) in [5.74, 6) is 0.513. The van der Waals surface area contributed by atoms with Gasteiger partial charge in [-0.15, -0.1) is 13.2 Å². The van der Waals surface area contributed by atoms with E-state index in [9.17, 15) is 10.2 Å². The van der Waals surface area contributed by atoms with Gasteiger partial charge in [-0.2, -0.15) is 0 Å². The lowest BCUT2D eigenvalue weighted by atomic mass is 9.70. The van der Waals surface area contributed by atoms with Crippen LogP contribution in [0, 0.1) is 0 Å². The highest BCUT2D eigenvalue weighted by molar-refractivity contribution is 5.54. The first kappa shape index (κ1) is 19.5. The maximum absolute atomic E-state index is 10.5. The van der Waals surface area contributed by atoms with Crippen LogP contribution >= 0.6 is 0 Å². The fraction of sp³-hybridized carbons (Fsp3) is 0.154. The summed E-state index contributed by atoms with van der Waals surface area (Å²) >= 11 is 0. The predicted octanol–water partition coefficient (Wildman–Crippen LogP) is 5.91. The Morgan fingerprint density at radius 1 is 0.714 bits per heavy atom. The molecule has 0 aliphatic heterocycles. The second-order valence-corrected chi connectivity index (χ2v) is 7.16. The van der Waals surface area contributed by atoms with Gasteiger partial charge < -0.3 is 10.2 Å². The predicted molar refractivity (Wildman–Crippen MR) is 116 cm³/mol. The molecule has 0 unspecified atom stereocenters. The summed E-state index contributed by atoms with van der Waals surface area (Å²) < 4.78 is 0. The van der Waals surface area contributed by atoms with E-state index in [1.807, 2.05) is 54.6 Å². The number of hydrogen-bond acceptors (Lipinski definition) is 2. The summed E-state index contributed by atoms with van der Waals surface area (Å²) in [5.41, 5.74) is 4.16. The molecule has 0 saturated carbocycles. The summed E-state index contributed by atoms with van der Waals surface area (Å²) in [4.78, 5) is 0. The Balaban J connectivity index is 2.20. The first-order chi connectivity index (χ1) is 13.5. The molecule has 2 heteroatoms. The molecule has 142 valence electrons. The summed E-state index contributed by atoms with van der Waals surface area (Å²) in [7, 11) is 0. The molecule has 0 amide bonds. The largest absolute Gasteiger partial charge is 0.508 e. The maximum Gasteiger partial charge on any atom is 0.119 e. The molecule has 0 spiro atoms. The zero-order valence-electron chi connectivity index (χ0n) is 16.2. The SMILES string of the molecule is C=CCc1ccc(C(C)(c2ccccc2)c2ccc(CC=C)c(O)c2)cc1O. The van der Waals surface area contributed by atoms with Crippen molar-refractivity contribution in [3.63, 3.8) is 0 Å². The van der Waals surface area contributed by atoms with Crippen molar-refractivity contribution in [2.45, 2.75) is 25.2 Å². The van der Waals surface area contributed by atoms with E-state index < -0.39 is 5.41 Å². The number of allylic oxidation sites excluding steroid dienone is 2. The van der Waals surface area contributed by atoms with Gasteiger partial charge in [0, 0.05) is 5.41 Å². The molecule has 0 aliphatic carbocycles. The van der Waals surface area contributed by atoms with Crippen LogP contribution in [0.15, 0.2) is 92.0 Å². The minimum atomic E-state index is -0.532. The van der Waals surface area contributed by atoms with Crippen LogP contribution < -0.4 is 0 Å².